The van der Waals surface area contributed by atoms with Crippen molar-refractivity contribution in [1.29, 1.82) is 0 Å². The molecular weight excluding hydrogens is 408 g/mol. The lowest BCUT2D eigenvalue weighted by Crippen LogP contribution is -2.29. The summed E-state index contributed by atoms with van der Waals surface area (Å²) in [6.07, 6.45) is 5.37. The summed E-state index contributed by atoms with van der Waals surface area (Å²) in [6, 6.07) is 16.5. The number of nitrogens with one attached hydrogen (secondary N) is 1. The van der Waals surface area contributed by atoms with Crippen LogP contribution in [0.25, 0.3) is 0 Å². The number of carbonyl (C=O) groups is 3. The van der Waals surface area contributed by atoms with E-state index < -0.39 is 12.0 Å². The minimum absolute atomic E-state index is 0. The number of carbonyl (C=O) groups excluding carboxylic acids is 2. The second kappa shape index (κ2) is 19.9. The molecule has 0 radical (unpaired) electrons. The Morgan fingerprint density at radius 1 is 1.06 bits per heavy atom. The van der Waals surface area contributed by atoms with Crippen LogP contribution >= 0.6 is 0 Å². The van der Waals surface area contributed by atoms with Crippen molar-refractivity contribution in [3.8, 4) is 0 Å². The van der Waals surface area contributed by atoms with Crippen LogP contribution in [0.15, 0.2) is 54.6 Å². The van der Waals surface area contributed by atoms with E-state index >= 15 is 0 Å². The van der Waals surface area contributed by atoms with Crippen LogP contribution in [0.5, 0.6) is 0 Å². The maximum atomic E-state index is 10.6. The van der Waals surface area contributed by atoms with Crippen LogP contribution in [0.1, 0.15) is 55.5 Å². The Balaban J connectivity index is 0. The number of aldehydes is 1. The zero-order valence-electron chi connectivity index (χ0n) is 19.1. The zero-order chi connectivity index (χ0) is 23.5. The molecule has 0 aliphatic heterocycles. The molecule has 8 heteroatoms. The predicted octanol–water partition coefficient (Wildman–Crippen LogP) is 3.79. The van der Waals surface area contributed by atoms with Gasteiger partial charge in [0.1, 0.15) is 12.3 Å². The fourth-order valence-electron chi connectivity index (χ4n) is 2.41. The van der Waals surface area contributed by atoms with Gasteiger partial charge in [-0.2, -0.15) is 0 Å². The van der Waals surface area contributed by atoms with Crippen LogP contribution in [-0.2, 0) is 16.0 Å². The number of anilines is 1. The van der Waals surface area contributed by atoms with E-state index in [4.69, 9.17) is 16.6 Å². The monoisotopic (exact) mass is 446 g/mol. The van der Waals surface area contributed by atoms with Crippen molar-refractivity contribution in [2.24, 2.45) is 11.5 Å². The quantitative estimate of drug-likeness (QED) is 0.288. The first-order valence-corrected chi connectivity index (χ1v) is 10.4. The molecule has 2 aromatic rings. The van der Waals surface area contributed by atoms with Gasteiger partial charge in [-0.1, -0.05) is 50.1 Å². The Labute approximate surface area is 191 Å². The summed E-state index contributed by atoms with van der Waals surface area (Å²) in [4.78, 5) is 31.0. The lowest BCUT2D eigenvalue weighted by atomic mass is 10.1. The average molecular weight is 447 g/mol. The van der Waals surface area contributed by atoms with Crippen molar-refractivity contribution >= 4 is 23.9 Å². The number of nitrogens with two attached hydrogens (primary N) is 2. The Hall–Kier alpha value is -3.07. The number of amides is 1. The number of hydrogen-bond acceptors (Lipinski definition) is 6. The lowest BCUT2D eigenvalue weighted by molar-refractivity contribution is -0.138. The zero-order valence-corrected chi connectivity index (χ0v) is 19.1. The maximum absolute atomic E-state index is 10.6. The number of carboxylic acid groups (broad SMARTS) is 1. The van der Waals surface area contributed by atoms with Crippen LogP contribution in [0.2, 0.25) is 0 Å². The number of rotatable bonds is 9. The van der Waals surface area contributed by atoms with Crippen molar-refractivity contribution < 1.29 is 19.5 Å². The molecule has 0 aliphatic carbocycles. The highest BCUT2D eigenvalue weighted by Gasteiger charge is 2.09. The van der Waals surface area contributed by atoms with Gasteiger partial charge in [-0.25, -0.2) is 0 Å². The highest BCUT2D eigenvalue weighted by molar-refractivity contribution is 5.89. The molecule has 0 fully saturated rings. The predicted molar refractivity (Wildman–Crippen MR) is 130 cm³/mol. The van der Waals surface area contributed by atoms with Crippen LogP contribution in [0.3, 0.4) is 0 Å². The van der Waals surface area contributed by atoms with Gasteiger partial charge in [-0.05, 0) is 55.6 Å². The van der Waals surface area contributed by atoms with Gasteiger partial charge >= 0.3 is 5.97 Å². The summed E-state index contributed by atoms with van der Waals surface area (Å²) >= 11 is 0. The Bertz CT molecular complexity index is 752. The fraction of sp³-hybridized carbons (Fsp3) is 0.375. The summed E-state index contributed by atoms with van der Waals surface area (Å²) in [6.45, 7) is 4.24. The highest BCUT2D eigenvalue weighted by Crippen LogP contribution is 2.07. The smallest absolute Gasteiger partial charge is 0.320 e. The van der Waals surface area contributed by atoms with Gasteiger partial charge in [0.2, 0.25) is 5.91 Å². The van der Waals surface area contributed by atoms with Gasteiger partial charge in [-0.15, -0.1) is 0 Å². The van der Waals surface area contributed by atoms with Crippen LogP contribution in [0.4, 0.5) is 5.69 Å². The molecule has 32 heavy (non-hydrogen) atoms. The first-order valence-electron chi connectivity index (χ1n) is 10.4. The Morgan fingerprint density at radius 3 is 2.09 bits per heavy atom. The van der Waals surface area contributed by atoms with E-state index in [2.05, 4.69) is 42.6 Å². The number of aryl methyl sites for hydroxylation is 1. The number of unbranched alkanes of at least 4 members (excludes halogenated alkanes) is 1. The number of carboxylic acids is 1. The summed E-state index contributed by atoms with van der Waals surface area (Å²) in [5, 5.41) is 10.9. The molecule has 0 spiro atoms. The second-order valence-electron chi connectivity index (χ2n) is 6.89. The molecule has 0 heterocycles. The molecule has 8 nitrogen and oxygen atoms in total. The van der Waals surface area contributed by atoms with E-state index in [0.29, 0.717) is 24.2 Å². The normalized spacial score (nSPS) is 10.1. The van der Waals surface area contributed by atoms with E-state index in [0.717, 1.165) is 19.1 Å². The maximum Gasteiger partial charge on any atom is 0.320 e. The molecule has 0 saturated carbocycles. The molecule has 178 valence electrons. The first-order chi connectivity index (χ1) is 14.8. The molecule has 0 aromatic heterocycles. The van der Waals surface area contributed by atoms with Crippen LogP contribution in [-0.4, -0.2) is 35.9 Å². The van der Waals surface area contributed by atoms with E-state index in [1.165, 1.54) is 25.3 Å². The van der Waals surface area contributed by atoms with Crippen molar-refractivity contribution in [2.45, 2.75) is 52.0 Å². The topological polar surface area (TPSA) is 171 Å². The minimum Gasteiger partial charge on any atom is -0.480 e. The lowest BCUT2D eigenvalue weighted by Gasteiger charge is -2.03. The van der Waals surface area contributed by atoms with Gasteiger partial charge < -0.3 is 28.0 Å². The molecule has 2 rings (SSSR count). The number of hydrogen-bond donors (Lipinski definition) is 5. The number of benzene rings is 2. The van der Waals surface area contributed by atoms with Crippen LogP contribution in [0, 0.1) is 0 Å². The fourth-order valence-corrected chi connectivity index (χ4v) is 2.41. The third-order valence-electron chi connectivity index (χ3n) is 4.04. The van der Waals surface area contributed by atoms with E-state index in [-0.39, 0.29) is 12.1 Å². The van der Waals surface area contributed by atoms with Crippen molar-refractivity contribution in [3.05, 3.63) is 65.7 Å². The van der Waals surface area contributed by atoms with Crippen molar-refractivity contribution in [1.82, 2.24) is 6.15 Å². The molecule has 9 N–H and O–H groups in total. The number of aliphatic carboxylic acids is 1. The van der Waals surface area contributed by atoms with E-state index in [1.54, 1.807) is 24.3 Å². The van der Waals surface area contributed by atoms with Crippen molar-refractivity contribution in [2.75, 3.05) is 11.9 Å². The minimum atomic E-state index is -0.933. The summed E-state index contributed by atoms with van der Waals surface area (Å²) in [5.74, 6) is -1.05. The van der Waals surface area contributed by atoms with Gasteiger partial charge in [0.25, 0.3) is 0 Å². The first kappa shape index (κ1) is 31.1. The molecule has 2 aromatic carbocycles. The van der Waals surface area contributed by atoms with Gasteiger partial charge in [0.15, 0.2) is 0 Å². The second-order valence-corrected chi connectivity index (χ2v) is 6.89. The molecule has 0 saturated heterocycles. The van der Waals surface area contributed by atoms with Crippen LogP contribution < -0.4 is 22.9 Å². The summed E-state index contributed by atoms with van der Waals surface area (Å²) < 4.78 is 0. The third-order valence-corrected chi connectivity index (χ3v) is 4.04. The van der Waals surface area contributed by atoms with E-state index in [9.17, 15) is 14.4 Å². The Kier molecular flexibility index (Phi) is 19.3. The summed E-state index contributed by atoms with van der Waals surface area (Å²) in [5.41, 5.74) is 13.2. The Morgan fingerprint density at radius 2 is 1.66 bits per heavy atom. The molecule has 1 amide bonds. The molecule has 0 aliphatic rings. The third kappa shape index (κ3) is 16.7. The van der Waals surface area contributed by atoms with Crippen molar-refractivity contribution in [3.63, 3.8) is 0 Å². The van der Waals surface area contributed by atoms with Gasteiger partial charge in [0, 0.05) is 18.2 Å². The van der Waals surface area contributed by atoms with E-state index in [1.807, 2.05) is 0 Å². The van der Waals surface area contributed by atoms with Gasteiger partial charge in [0.05, 0.1) is 0 Å². The molecule has 1 atom stereocenters. The standard InChI is InChI=1S/C9H9NO2.C9H12.C6H14N2O2.H3N/c1-7(12)10-9-4-2-8(6-11)3-5-9;1-2-6-9-7-4-3-5-8-9;7-4-2-1-3-5(8)6(9)10;/h2-6H,1H3,(H,10,12);3-5,7-8H,2,6H2,1H3;5H,1-4,7-8H2,(H,9,10);1H3/t;;5-;/m..0./s1. The average Bonchev–Trinajstić information content (AvgIpc) is 2.76. The van der Waals surface area contributed by atoms with Gasteiger partial charge in [-0.3, -0.25) is 14.4 Å². The SMILES string of the molecule is CC(=O)Nc1ccc(C=O)cc1.CCCc1ccccc1.N.NCCCC[C@H](N)C(=O)O. The largest absolute Gasteiger partial charge is 0.480 e. The molecule has 0 bridgehead atoms. The molecule has 0 unspecified atom stereocenters. The summed E-state index contributed by atoms with van der Waals surface area (Å²) in [7, 11) is 0. The molecular formula is C24H38N4O4. The highest BCUT2D eigenvalue weighted by atomic mass is 16.4.